The fraction of sp³-hybridized carbons (Fsp3) is 0.368. The van der Waals surface area contributed by atoms with Gasteiger partial charge in [0.2, 0.25) is 0 Å². The van der Waals surface area contributed by atoms with Crippen molar-refractivity contribution < 1.29 is 14.6 Å². The van der Waals surface area contributed by atoms with Gasteiger partial charge in [-0.3, -0.25) is 0 Å². The van der Waals surface area contributed by atoms with Crippen LogP contribution >= 0.6 is 0 Å². The van der Waals surface area contributed by atoms with Gasteiger partial charge in [-0.2, -0.15) is 0 Å². The average molecular weight is 315 g/mol. The molecule has 2 aromatic rings. The van der Waals surface area contributed by atoms with Crippen LogP contribution in [0.25, 0.3) is 0 Å². The van der Waals surface area contributed by atoms with Gasteiger partial charge in [-0.1, -0.05) is 42.5 Å². The van der Waals surface area contributed by atoms with Crippen LogP contribution in [-0.4, -0.2) is 25.4 Å². The van der Waals surface area contributed by atoms with E-state index in [-0.39, 0.29) is 6.61 Å². The predicted octanol–water partition coefficient (Wildman–Crippen LogP) is 3.14. The van der Waals surface area contributed by atoms with Gasteiger partial charge in [0.15, 0.2) is 11.5 Å². The molecular formula is C19H25NO3. The van der Waals surface area contributed by atoms with Crippen LogP contribution in [0.2, 0.25) is 0 Å². The summed E-state index contributed by atoms with van der Waals surface area (Å²) in [5, 5.41) is 12.2. The lowest BCUT2D eigenvalue weighted by atomic mass is 10.1. The SMILES string of the molecule is COc1cccc(CNCCCCO)c1OCc1ccccc1. The Morgan fingerprint density at radius 3 is 2.57 bits per heavy atom. The number of para-hydroxylation sites is 1. The van der Waals surface area contributed by atoms with Gasteiger partial charge in [0.05, 0.1) is 7.11 Å². The van der Waals surface area contributed by atoms with E-state index in [0.717, 1.165) is 42.0 Å². The second-order valence-corrected chi connectivity index (χ2v) is 5.33. The Hall–Kier alpha value is -2.04. The van der Waals surface area contributed by atoms with Crippen molar-refractivity contribution in [2.24, 2.45) is 0 Å². The molecule has 0 saturated heterocycles. The molecule has 0 aliphatic carbocycles. The maximum Gasteiger partial charge on any atom is 0.166 e. The number of nitrogens with one attached hydrogen (secondary N) is 1. The molecule has 4 heteroatoms. The number of benzene rings is 2. The normalized spacial score (nSPS) is 10.5. The van der Waals surface area contributed by atoms with Crippen molar-refractivity contribution >= 4 is 0 Å². The number of unbranched alkanes of at least 4 members (excludes halogenated alkanes) is 1. The first-order valence-electron chi connectivity index (χ1n) is 7.99. The van der Waals surface area contributed by atoms with Gasteiger partial charge in [-0.25, -0.2) is 0 Å². The summed E-state index contributed by atoms with van der Waals surface area (Å²) in [6, 6.07) is 16.0. The quantitative estimate of drug-likeness (QED) is 0.661. The van der Waals surface area contributed by atoms with Gasteiger partial charge in [0.1, 0.15) is 6.61 Å². The minimum Gasteiger partial charge on any atom is -0.493 e. The minimum absolute atomic E-state index is 0.242. The third kappa shape index (κ3) is 5.58. The molecule has 0 atom stereocenters. The van der Waals surface area contributed by atoms with E-state index >= 15 is 0 Å². The Balaban J connectivity index is 2.00. The second-order valence-electron chi connectivity index (χ2n) is 5.33. The third-order valence-corrected chi connectivity index (χ3v) is 3.58. The van der Waals surface area contributed by atoms with Gasteiger partial charge in [-0.05, 0) is 31.0 Å². The van der Waals surface area contributed by atoms with Crippen LogP contribution in [-0.2, 0) is 13.2 Å². The van der Waals surface area contributed by atoms with Crippen LogP contribution in [0.4, 0.5) is 0 Å². The molecule has 0 unspecified atom stereocenters. The number of rotatable bonds is 10. The van der Waals surface area contributed by atoms with Gasteiger partial charge < -0.3 is 19.9 Å². The van der Waals surface area contributed by atoms with E-state index < -0.39 is 0 Å². The van der Waals surface area contributed by atoms with Crippen molar-refractivity contribution in [2.45, 2.75) is 26.0 Å². The first-order valence-corrected chi connectivity index (χ1v) is 7.99. The van der Waals surface area contributed by atoms with Gasteiger partial charge in [0, 0.05) is 18.7 Å². The Morgan fingerprint density at radius 2 is 1.83 bits per heavy atom. The monoisotopic (exact) mass is 315 g/mol. The smallest absolute Gasteiger partial charge is 0.166 e. The fourth-order valence-corrected chi connectivity index (χ4v) is 2.34. The summed E-state index contributed by atoms with van der Waals surface area (Å²) in [7, 11) is 1.66. The summed E-state index contributed by atoms with van der Waals surface area (Å²) in [6.45, 7) is 2.34. The van der Waals surface area contributed by atoms with E-state index in [1.54, 1.807) is 7.11 Å². The zero-order valence-corrected chi connectivity index (χ0v) is 13.6. The van der Waals surface area contributed by atoms with Crippen molar-refractivity contribution in [1.29, 1.82) is 0 Å². The highest BCUT2D eigenvalue weighted by atomic mass is 16.5. The van der Waals surface area contributed by atoms with E-state index in [4.69, 9.17) is 14.6 Å². The lowest BCUT2D eigenvalue weighted by molar-refractivity contribution is 0.279. The summed E-state index contributed by atoms with van der Waals surface area (Å²) in [5.41, 5.74) is 2.20. The predicted molar refractivity (Wildman–Crippen MR) is 91.8 cm³/mol. The Bertz CT molecular complexity index is 572. The van der Waals surface area contributed by atoms with Crippen LogP contribution in [0.1, 0.15) is 24.0 Å². The molecule has 4 nitrogen and oxygen atoms in total. The topological polar surface area (TPSA) is 50.7 Å². The summed E-state index contributed by atoms with van der Waals surface area (Å²) in [5.74, 6) is 1.53. The number of aliphatic hydroxyl groups is 1. The molecule has 23 heavy (non-hydrogen) atoms. The Morgan fingerprint density at radius 1 is 1.00 bits per heavy atom. The van der Waals surface area contributed by atoms with Gasteiger partial charge >= 0.3 is 0 Å². The average Bonchev–Trinajstić information content (AvgIpc) is 2.61. The fourth-order valence-electron chi connectivity index (χ4n) is 2.34. The summed E-state index contributed by atoms with van der Waals surface area (Å²) in [6.07, 6.45) is 1.78. The lowest BCUT2D eigenvalue weighted by Gasteiger charge is -2.15. The summed E-state index contributed by atoms with van der Waals surface area (Å²) < 4.78 is 11.5. The van der Waals surface area contributed by atoms with Crippen molar-refractivity contribution in [1.82, 2.24) is 5.32 Å². The molecule has 0 aromatic heterocycles. The van der Waals surface area contributed by atoms with Crippen LogP contribution < -0.4 is 14.8 Å². The maximum atomic E-state index is 8.81. The molecule has 0 heterocycles. The standard InChI is InChI=1S/C19H25NO3/c1-22-18-11-7-10-17(14-20-12-5-6-13-21)19(18)23-15-16-8-3-2-4-9-16/h2-4,7-11,20-21H,5-6,12-15H2,1H3. The van der Waals surface area contributed by atoms with Crippen LogP contribution in [0.3, 0.4) is 0 Å². The molecule has 124 valence electrons. The second kappa shape index (κ2) is 9.87. The lowest BCUT2D eigenvalue weighted by Crippen LogP contribution is -2.16. The molecule has 0 radical (unpaired) electrons. The zero-order valence-electron chi connectivity index (χ0n) is 13.6. The van der Waals surface area contributed by atoms with E-state index in [9.17, 15) is 0 Å². The zero-order chi connectivity index (χ0) is 16.3. The van der Waals surface area contributed by atoms with Crippen LogP contribution in [0, 0.1) is 0 Å². The molecule has 0 aliphatic heterocycles. The molecule has 2 N–H and O–H groups in total. The first kappa shape index (κ1) is 17.3. The molecule has 0 bridgehead atoms. The molecule has 2 rings (SSSR count). The number of ether oxygens (including phenoxy) is 2. The molecule has 0 aliphatic rings. The minimum atomic E-state index is 0.242. The third-order valence-electron chi connectivity index (χ3n) is 3.58. The highest BCUT2D eigenvalue weighted by Crippen LogP contribution is 2.31. The summed E-state index contributed by atoms with van der Waals surface area (Å²) >= 11 is 0. The molecule has 2 aromatic carbocycles. The number of methoxy groups -OCH3 is 1. The van der Waals surface area contributed by atoms with Crippen LogP contribution in [0.5, 0.6) is 11.5 Å². The molecule has 0 spiro atoms. The van der Waals surface area contributed by atoms with Crippen molar-refractivity contribution in [3.05, 3.63) is 59.7 Å². The highest BCUT2D eigenvalue weighted by molar-refractivity contribution is 5.46. The summed E-state index contributed by atoms with van der Waals surface area (Å²) in [4.78, 5) is 0. The Labute approximate surface area is 138 Å². The van der Waals surface area contributed by atoms with Crippen molar-refractivity contribution in [3.8, 4) is 11.5 Å². The molecule has 0 amide bonds. The van der Waals surface area contributed by atoms with E-state index in [1.807, 2.05) is 48.5 Å². The van der Waals surface area contributed by atoms with E-state index in [2.05, 4.69) is 5.32 Å². The molecular weight excluding hydrogens is 290 g/mol. The highest BCUT2D eigenvalue weighted by Gasteiger charge is 2.10. The van der Waals surface area contributed by atoms with Gasteiger partial charge in [0.25, 0.3) is 0 Å². The molecule has 0 fully saturated rings. The van der Waals surface area contributed by atoms with Crippen LogP contribution in [0.15, 0.2) is 48.5 Å². The van der Waals surface area contributed by atoms with Crippen molar-refractivity contribution in [3.63, 3.8) is 0 Å². The first-order chi connectivity index (χ1) is 11.3. The number of aliphatic hydroxyl groups excluding tert-OH is 1. The number of hydrogen-bond acceptors (Lipinski definition) is 4. The van der Waals surface area contributed by atoms with E-state index in [1.165, 1.54) is 0 Å². The Kier molecular flexibility index (Phi) is 7.43. The molecule has 0 saturated carbocycles. The van der Waals surface area contributed by atoms with Gasteiger partial charge in [-0.15, -0.1) is 0 Å². The van der Waals surface area contributed by atoms with E-state index in [0.29, 0.717) is 13.2 Å². The number of hydrogen-bond donors (Lipinski definition) is 2. The maximum absolute atomic E-state index is 8.81. The van der Waals surface area contributed by atoms with Crippen molar-refractivity contribution in [2.75, 3.05) is 20.3 Å². The largest absolute Gasteiger partial charge is 0.493 e.